The topological polar surface area (TPSA) is 58.1 Å². The number of fused-ring (bicyclic) bond motifs is 3. The number of aromatic amines is 1. The lowest BCUT2D eigenvalue weighted by molar-refractivity contribution is 1.32. The zero-order valence-electron chi connectivity index (χ0n) is 7.77. The van der Waals surface area contributed by atoms with Crippen LogP contribution in [0.5, 0.6) is 0 Å². The maximum absolute atomic E-state index is 10.8. The molecule has 2 heterocycles. The van der Waals surface area contributed by atoms with E-state index in [0.29, 0.717) is 11.2 Å². The minimum Gasteiger partial charge on any atom is -0.359 e. The Morgan fingerprint density at radius 2 is 2.20 bits per heavy atom. The van der Waals surface area contributed by atoms with Gasteiger partial charge in [-0.2, -0.15) is 0 Å². The van der Waals surface area contributed by atoms with Gasteiger partial charge in [-0.25, -0.2) is 0 Å². The van der Waals surface area contributed by atoms with Gasteiger partial charge in [0.1, 0.15) is 5.52 Å². The van der Waals surface area contributed by atoms with Crippen molar-refractivity contribution in [3.63, 3.8) is 0 Å². The second-order valence-electron chi connectivity index (χ2n) is 3.30. The molecule has 0 atom stereocenters. The van der Waals surface area contributed by atoms with E-state index in [9.17, 15) is 4.91 Å². The van der Waals surface area contributed by atoms with Gasteiger partial charge in [0.2, 0.25) is 0 Å². The Morgan fingerprint density at radius 3 is 3.07 bits per heavy atom. The van der Waals surface area contributed by atoms with E-state index in [1.165, 1.54) is 0 Å². The number of pyridine rings is 2. The largest absolute Gasteiger partial charge is 0.359 e. The molecular weight excluding hydrogens is 190 g/mol. The zero-order chi connectivity index (χ0) is 10.3. The van der Waals surface area contributed by atoms with Crippen LogP contribution in [-0.2, 0) is 0 Å². The van der Waals surface area contributed by atoms with Gasteiger partial charge >= 0.3 is 0 Å². The van der Waals surface area contributed by atoms with Crippen LogP contribution in [0.4, 0.5) is 5.69 Å². The van der Waals surface area contributed by atoms with E-state index in [1.807, 2.05) is 24.3 Å². The molecule has 4 heteroatoms. The molecule has 72 valence electrons. The number of rotatable bonds is 1. The summed E-state index contributed by atoms with van der Waals surface area (Å²) in [6, 6.07) is 7.63. The van der Waals surface area contributed by atoms with Gasteiger partial charge in [-0.05, 0) is 17.3 Å². The Hall–Kier alpha value is -2.23. The molecule has 0 radical (unpaired) electrons. The fourth-order valence-electron chi connectivity index (χ4n) is 1.88. The van der Waals surface area contributed by atoms with Gasteiger partial charge in [0, 0.05) is 23.3 Å². The Bertz CT molecular complexity index is 614. The summed E-state index contributed by atoms with van der Waals surface area (Å²) in [5.41, 5.74) is 2.78. The molecule has 3 rings (SSSR count). The number of hydrogen-bond donors (Lipinski definition) is 1. The monoisotopic (exact) mass is 197 g/mol. The predicted octanol–water partition coefficient (Wildman–Crippen LogP) is 3.07. The van der Waals surface area contributed by atoms with Crippen molar-refractivity contribution >= 4 is 16.6 Å². The first-order chi connectivity index (χ1) is 7.42. The Labute approximate surface area is 85.3 Å². The van der Waals surface area contributed by atoms with Crippen LogP contribution in [0.3, 0.4) is 0 Å². The molecule has 1 aliphatic carbocycles. The summed E-state index contributed by atoms with van der Waals surface area (Å²) in [5, 5.41) is 4.00. The third-order valence-corrected chi connectivity index (χ3v) is 2.51. The number of hydrogen-bond acceptors (Lipinski definition) is 3. The minimum atomic E-state index is 0.390. The van der Waals surface area contributed by atoms with E-state index in [1.54, 1.807) is 12.4 Å². The number of nitroso groups, excluding NO2 is 1. The molecule has 0 unspecified atom stereocenters. The van der Waals surface area contributed by atoms with Gasteiger partial charge in [0.05, 0.1) is 5.69 Å². The highest BCUT2D eigenvalue weighted by atomic mass is 16.3. The van der Waals surface area contributed by atoms with Gasteiger partial charge in [-0.1, -0.05) is 12.1 Å². The molecule has 1 aliphatic heterocycles. The summed E-state index contributed by atoms with van der Waals surface area (Å²) in [6.45, 7) is 0. The molecule has 1 aromatic rings. The first-order valence-corrected chi connectivity index (χ1v) is 4.59. The average molecular weight is 197 g/mol. The Morgan fingerprint density at radius 1 is 1.27 bits per heavy atom. The summed E-state index contributed by atoms with van der Waals surface area (Å²) in [5.74, 6) is 0. The molecule has 2 aliphatic rings. The molecule has 4 nitrogen and oxygen atoms in total. The molecule has 0 saturated heterocycles. The normalized spacial score (nSPS) is 10.9. The molecule has 0 bridgehead atoms. The van der Waals surface area contributed by atoms with Crippen molar-refractivity contribution in [2.75, 3.05) is 0 Å². The Kier molecular flexibility index (Phi) is 1.56. The zero-order valence-corrected chi connectivity index (χ0v) is 7.77. The van der Waals surface area contributed by atoms with Crippen LogP contribution in [0.1, 0.15) is 0 Å². The smallest absolute Gasteiger partial charge is 0.158 e. The minimum absolute atomic E-state index is 0.390. The standard InChI is InChI=1S/C11H7N3O/c15-14-11-9-7(3-1-5-12-9)8-4-2-6-13-10(8)11/h1-6,12H. The van der Waals surface area contributed by atoms with Crippen molar-refractivity contribution in [1.29, 1.82) is 0 Å². The summed E-state index contributed by atoms with van der Waals surface area (Å²) in [6.07, 6.45) is 3.44. The van der Waals surface area contributed by atoms with Crippen LogP contribution in [0, 0.1) is 4.91 Å². The number of H-pyrrole nitrogens is 1. The molecular formula is C11H7N3O. The summed E-state index contributed by atoms with van der Waals surface area (Å²) >= 11 is 0. The average Bonchev–Trinajstić information content (AvgIpc) is 2.63. The fraction of sp³-hybridized carbons (Fsp3) is 0. The maximum Gasteiger partial charge on any atom is 0.158 e. The van der Waals surface area contributed by atoms with Crippen molar-refractivity contribution in [1.82, 2.24) is 9.97 Å². The number of aromatic nitrogens is 2. The van der Waals surface area contributed by atoms with E-state index >= 15 is 0 Å². The number of nitrogens with zero attached hydrogens (tertiary/aromatic N) is 2. The first kappa shape index (κ1) is 8.11. The third kappa shape index (κ3) is 0.985. The van der Waals surface area contributed by atoms with Gasteiger partial charge in [0.25, 0.3) is 0 Å². The van der Waals surface area contributed by atoms with Crippen molar-refractivity contribution in [3.05, 3.63) is 41.6 Å². The first-order valence-electron chi connectivity index (χ1n) is 4.59. The third-order valence-electron chi connectivity index (χ3n) is 2.51. The lowest BCUT2D eigenvalue weighted by Crippen LogP contribution is -1.77. The summed E-state index contributed by atoms with van der Waals surface area (Å²) < 4.78 is 0. The molecule has 1 aromatic heterocycles. The SMILES string of the molecule is O=Nc1c2[nH]cccc-2c2cccnc12. The van der Waals surface area contributed by atoms with Crippen LogP contribution in [0.2, 0.25) is 0 Å². The number of nitrogens with one attached hydrogen (secondary N) is 1. The molecule has 0 spiro atoms. The van der Waals surface area contributed by atoms with Crippen LogP contribution >= 0.6 is 0 Å². The van der Waals surface area contributed by atoms with Gasteiger partial charge in [-0.3, -0.25) is 4.98 Å². The molecule has 0 fully saturated rings. The van der Waals surface area contributed by atoms with Gasteiger partial charge in [0.15, 0.2) is 5.69 Å². The molecule has 0 amide bonds. The molecule has 0 aromatic carbocycles. The lowest BCUT2D eigenvalue weighted by Gasteiger charge is -1.97. The van der Waals surface area contributed by atoms with E-state index < -0.39 is 0 Å². The Balaban J connectivity index is 2.60. The van der Waals surface area contributed by atoms with Crippen LogP contribution < -0.4 is 0 Å². The van der Waals surface area contributed by atoms with E-state index in [2.05, 4.69) is 15.1 Å². The van der Waals surface area contributed by atoms with E-state index in [0.717, 1.165) is 16.6 Å². The van der Waals surface area contributed by atoms with Crippen molar-refractivity contribution in [3.8, 4) is 11.3 Å². The van der Waals surface area contributed by atoms with Gasteiger partial charge in [-0.15, -0.1) is 4.91 Å². The highest BCUT2D eigenvalue weighted by Crippen LogP contribution is 2.41. The predicted molar refractivity (Wildman–Crippen MR) is 58.2 cm³/mol. The van der Waals surface area contributed by atoms with Crippen molar-refractivity contribution in [2.24, 2.45) is 5.18 Å². The van der Waals surface area contributed by atoms with Gasteiger partial charge < -0.3 is 4.98 Å². The lowest BCUT2D eigenvalue weighted by atomic mass is 10.2. The second-order valence-corrected chi connectivity index (χ2v) is 3.30. The van der Waals surface area contributed by atoms with Crippen molar-refractivity contribution in [2.45, 2.75) is 0 Å². The quantitative estimate of drug-likeness (QED) is 0.609. The van der Waals surface area contributed by atoms with Crippen LogP contribution in [0.15, 0.2) is 41.8 Å². The van der Waals surface area contributed by atoms with E-state index in [4.69, 9.17) is 0 Å². The van der Waals surface area contributed by atoms with Crippen LogP contribution in [0.25, 0.3) is 22.2 Å². The highest BCUT2D eigenvalue weighted by Gasteiger charge is 2.18. The maximum atomic E-state index is 10.8. The molecule has 0 saturated carbocycles. The molecule has 1 N–H and O–H groups in total. The summed E-state index contributed by atoms with van der Waals surface area (Å²) in [4.78, 5) is 18.0. The molecule has 15 heavy (non-hydrogen) atoms. The fourth-order valence-corrected chi connectivity index (χ4v) is 1.88. The highest BCUT2D eigenvalue weighted by molar-refractivity contribution is 6.08. The second kappa shape index (κ2) is 2.88. The van der Waals surface area contributed by atoms with E-state index in [-0.39, 0.29) is 0 Å². The summed E-state index contributed by atoms with van der Waals surface area (Å²) in [7, 11) is 0. The van der Waals surface area contributed by atoms with Crippen LogP contribution in [-0.4, -0.2) is 9.97 Å². The van der Waals surface area contributed by atoms with Crippen molar-refractivity contribution < 1.29 is 0 Å².